The Bertz CT molecular complexity index is 1370. The molecule has 2 heterocycles. The van der Waals surface area contributed by atoms with Crippen molar-refractivity contribution in [3.05, 3.63) is 58.9 Å². The summed E-state index contributed by atoms with van der Waals surface area (Å²) in [5.41, 5.74) is 0.160. The van der Waals surface area contributed by atoms with E-state index >= 15 is 0 Å². The number of hydrogen-bond donors (Lipinski definition) is 3. The minimum Gasteiger partial charge on any atom is -0.497 e. The molecule has 1 aliphatic heterocycles. The zero-order chi connectivity index (χ0) is 28.3. The average molecular weight is 547 g/mol. The Kier molecular flexibility index (Phi) is 7.88. The first-order chi connectivity index (χ1) is 18.5. The Morgan fingerprint density at radius 1 is 1.08 bits per heavy atom. The first-order valence-electron chi connectivity index (χ1n) is 12.0. The van der Waals surface area contributed by atoms with Crippen LogP contribution in [-0.4, -0.2) is 61.0 Å². The van der Waals surface area contributed by atoms with Crippen LogP contribution < -0.4 is 24.8 Å². The number of ether oxygens (including phenoxy) is 3. The van der Waals surface area contributed by atoms with E-state index in [0.29, 0.717) is 17.1 Å². The highest BCUT2D eigenvalue weighted by atomic mass is 19.4. The van der Waals surface area contributed by atoms with Gasteiger partial charge < -0.3 is 29.7 Å². The van der Waals surface area contributed by atoms with Crippen molar-refractivity contribution in [1.82, 2.24) is 25.3 Å². The normalized spacial score (nSPS) is 13.3. The van der Waals surface area contributed by atoms with Gasteiger partial charge in [0.15, 0.2) is 11.7 Å². The highest BCUT2D eigenvalue weighted by Gasteiger charge is 2.39. The fourth-order valence-electron chi connectivity index (χ4n) is 4.34. The van der Waals surface area contributed by atoms with Crippen molar-refractivity contribution in [3.63, 3.8) is 0 Å². The van der Waals surface area contributed by atoms with Gasteiger partial charge in [0.25, 0.3) is 5.91 Å². The zero-order valence-electron chi connectivity index (χ0n) is 21.9. The van der Waals surface area contributed by atoms with Gasteiger partial charge in [-0.2, -0.15) is 18.3 Å². The Hall–Kier alpha value is -4.42. The number of methoxy groups -OCH3 is 2. The lowest BCUT2D eigenvalue weighted by Gasteiger charge is -2.21. The van der Waals surface area contributed by atoms with E-state index in [-0.39, 0.29) is 54.6 Å². The lowest BCUT2D eigenvalue weighted by Crippen LogP contribution is -2.33. The number of hydrogen-bond acceptors (Lipinski definition) is 6. The number of aromatic nitrogens is 2. The van der Waals surface area contributed by atoms with Crippen LogP contribution in [-0.2, 0) is 26.3 Å². The highest BCUT2D eigenvalue weighted by Crippen LogP contribution is 2.42. The van der Waals surface area contributed by atoms with Crippen LogP contribution in [0.4, 0.5) is 13.2 Å². The molecule has 3 aromatic rings. The minimum atomic E-state index is -4.72. The molecular weight excluding hydrogens is 517 g/mol. The van der Waals surface area contributed by atoms with Crippen LogP contribution in [0.15, 0.2) is 36.5 Å². The maximum Gasteiger partial charge on any atom is 0.435 e. The van der Waals surface area contributed by atoms with E-state index in [0.717, 1.165) is 10.2 Å². The molecule has 0 radical (unpaired) electrons. The first kappa shape index (κ1) is 27.6. The van der Waals surface area contributed by atoms with Crippen molar-refractivity contribution in [3.8, 4) is 28.4 Å². The summed E-state index contributed by atoms with van der Waals surface area (Å²) in [4.78, 5) is 15.4. The molecule has 39 heavy (non-hydrogen) atoms. The van der Waals surface area contributed by atoms with Crippen LogP contribution in [0.25, 0.3) is 11.1 Å². The molecule has 0 saturated heterocycles. The number of carbonyl (C=O) groups excluding carboxylic acids is 1. The summed E-state index contributed by atoms with van der Waals surface area (Å²) in [5, 5.41) is 16.9. The number of amides is 1. The molecule has 1 aromatic heterocycles. The molecule has 10 nitrogen and oxygen atoms in total. The zero-order valence-corrected chi connectivity index (χ0v) is 21.9. The molecule has 13 heteroatoms. The molecule has 0 atom stereocenters. The average Bonchev–Trinajstić information content (AvgIpc) is 3.25. The molecule has 0 saturated carbocycles. The number of rotatable bonds is 7. The number of aryl methyl sites for hydroxylation is 1. The van der Waals surface area contributed by atoms with Gasteiger partial charge in [0.2, 0.25) is 0 Å². The van der Waals surface area contributed by atoms with Crippen molar-refractivity contribution < 1.29 is 32.2 Å². The molecule has 4 rings (SSSR count). The van der Waals surface area contributed by atoms with Crippen LogP contribution >= 0.6 is 0 Å². The van der Waals surface area contributed by atoms with Gasteiger partial charge in [0, 0.05) is 50.6 Å². The third kappa shape index (κ3) is 6.02. The van der Waals surface area contributed by atoms with Crippen molar-refractivity contribution in [2.45, 2.75) is 19.3 Å². The fraction of sp³-hybridized carbons (Fsp3) is 0.346. The van der Waals surface area contributed by atoms with Crippen molar-refractivity contribution >= 4 is 11.9 Å². The maximum atomic E-state index is 13.9. The molecule has 1 amide bonds. The molecule has 0 aliphatic carbocycles. The van der Waals surface area contributed by atoms with Gasteiger partial charge in [0.05, 0.1) is 26.3 Å². The minimum absolute atomic E-state index is 0.0139. The molecular formula is C26H29F3N6O4. The topological polar surface area (TPSA) is 114 Å². The third-order valence-electron chi connectivity index (χ3n) is 6.17. The summed E-state index contributed by atoms with van der Waals surface area (Å²) in [6.45, 7) is 0.542. The second-order valence-electron chi connectivity index (χ2n) is 8.86. The summed E-state index contributed by atoms with van der Waals surface area (Å²) in [7, 11) is 6.01. The van der Waals surface area contributed by atoms with Crippen molar-refractivity contribution in [2.24, 2.45) is 7.05 Å². The molecule has 3 N–H and O–H groups in total. The molecule has 0 unspecified atom stereocenters. The number of guanidine groups is 1. The number of fused-ring (bicyclic) bond motifs is 1. The van der Waals surface area contributed by atoms with Crippen LogP contribution in [0.3, 0.4) is 0 Å². The van der Waals surface area contributed by atoms with Crippen LogP contribution in [0, 0.1) is 5.41 Å². The van der Waals surface area contributed by atoms with Gasteiger partial charge in [-0.3, -0.25) is 14.9 Å². The molecule has 0 bridgehead atoms. The Balaban J connectivity index is 1.80. The number of alkyl halides is 3. The van der Waals surface area contributed by atoms with E-state index in [1.165, 1.54) is 33.5 Å². The fourth-order valence-corrected chi connectivity index (χ4v) is 4.34. The lowest BCUT2D eigenvalue weighted by atomic mass is 9.97. The Labute approximate surface area is 223 Å². The van der Waals surface area contributed by atoms with E-state index < -0.39 is 17.8 Å². The monoisotopic (exact) mass is 546 g/mol. The predicted octanol–water partition coefficient (Wildman–Crippen LogP) is 3.40. The molecule has 208 valence electrons. The standard InChI is InChI=1S/C26H29F3N6O4/c1-31-25(30)32-12-15-9-19(21-14-34(2)33-23(21)26(27,28)29)22-20(10-15)24(36)35(5-6-39-22)13-16-7-17(37-3)11-18(8-16)38-4/h7-11,14H,5-6,12-13H2,1-4H3,(H3,30,31,32). The highest BCUT2D eigenvalue weighted by molar-refractivity contribution is 6.00. The summed E-state index contributed by atoms with van der Waals surface area (Å²) in [6.07, 6.45) is -3.47. The van der Waals surface area contributed by atoms with Crippen molar-refractivity contribution in [1.29, 1.82) is 5.41 Å². The summed E-state index contributed by atoms with van der Waals surface area (Å²) < 4.78 is 59.4. The number of nitrogens with one attached hydrogen (secondary N) is 3. The second kappa shape index (κ2) is 11.1. The van der Waals surface area contributed by atoms with E-state index in [9.17, 15) is 18.0 Å². The summed E-state index contributed by atoms with van der Waals surface area (Å²) in [5.74, 6) is 0.773. The summed E-state index contributed by atoms with van der Waals surface area (Å²) in [6, 6.07) is 8.38. The first-order valence-corrected chi connectivity index (χ1v) is 12.0. The maximum absolute atomic E-state index is 13.9. The number of carbonyl (C=O) groups is 1. The summed E-state index contributed by atoms with van der Waals surface area (Å²) >= 11 is 0. The van der Waals surface area contributed by atoms with E-state index in [1.807, 2.05) is 0 Å². The lowest BCUT2D eigenvalue weighted by molar-refractivity contribution is -0.140. The van der Waals surface area contributed by atoms with E-state index in [2.05, 4.69) is 15.7 Å². The molecule has 2 aromatic carbocycles. The van der Waals surface area contributed by atoms with E-state index in [4.69, 9.17) is 19.6 Å². The van der Waals surface area contributed by atoms with Gasteiger partial charge in [-0.15, -0.1) is 0 Å². The largest absolute Gasteiger partial charge is 0.497 e. The van der Waals surface area contributed by atoms with Crippen LogP contribution in [0.5, 0.6) is 17.2 Å². The number of nitrogens with zero attached hydrogens (tertiary/aromatic N) is 3. The number of benzene rings is 2. The SMILES string of the molecule is CNC(=N)NCc1cc2c(c(-c3cn(C)nc3C(F)(F)F)c1)OCCN(Cc1cc(OC)cc(OC)c1)C2=O. The molecule has 1 aliphatic rings. The van der Waals surface area contributed by atoms with Gasteiger partial charge in [-0.25, -0.2) is 0 Å². The molecule has 0 fully saturated rings. The Morgan fingerprint density at radius 2 is 1.74 bits per heavy atom. The van der Waals surface area contributed by atoms with Gasteiger partial charge in [-0.1, -0.05) is 0 Å². The molecule has 0 spiro atoms. The van der Waals surface area contributed by atoms with E-state index in [1.54, 1.807) is 36.2 Å². The van der Waals surface area contributed by atoms with Gasteiger partial charge in [0.1, 0.15) is 23.9 Å². The van der Waals surface area contributed by atoms with Gasteiger partial charge in [-0.05, 0) is 35.4 Å². The second-order valence-corrected chi connectivity index (χ2v) is 8.86. The smallest absolute Gasteiger partial charge is 0.435 e. The predicted molar refractivity (Wildman–Crippen MR) is 137 cm³/mol. The van der Waals surface area contributed by atoms with Crippen LogP contribution in [0.2, 0.25) is 0 Å². The third-order valence-corrected chi connectivity index (χ3v) is 6.17. The van der Waals surface area contributed by atoms with Gasteiger partial charge >= 0.3 is 6.18 Å². The Morgan fingerprint density at radius 3 is 2.36 bits per heavy atom. The quantitative estimate of drug-likeness (QED) is 0.308. The number of halogens is 3. The van der Waals surface area contributed by atoms with Crippen LogP contribution in [0.1, 0.15) is 27.2 Å². The van der Waals surface area contributed by atoms with Crippen molar-refractivity contribution in [2.75, 3.05) is 34.4 Å².